The second kappa shape index (κ2) is 4.32. The highest BCUT2D eigenvalue weighted by Gasteiger charge is 2.42. The number of nitrogens with zero attached hydrogens (tertiary/aromatic N) is 4. The number of hydrogen-bond donors (Lipinski definition) is 1. The molecule has 2 fully saturated rings. The molecule has 1 aliphatic heterocycles. The molecule has 4 rings (SSSR count). The minimum absolute atomic E-state index is 0.129. The summed E-state index contributed by atoms with van der Waals surface area (Å²) in [6.45, 7) is 1.17. The molecule has 0 aromatic carbocycles. The molecule has 7 heteroatoms. The van der Waals surface area contributed by atoms with Gasteiger partial charge in [-0.15, -0.1) is 0 Å². The largest absolute Gasteiger partial charge is 0.337 e. The summed E-state index contributed by atoms with van der Waals surface area (Å²) in [6, 6.07) is 0. The number of aromatic nitrogens is 2. The van der Waals surface area contributed by atoms with Crippen molar-refractivity contribution >= 4 is 17.5 Å². The topological polar surface area (TPSA) is 82.4 Å². The molecule has 118 valence electrons. The van der Waals surface area contributed by atoms with Gasteiger partial charge in [0.25, 0.3) is 0 Å². The molecule has 0 atom stereocenters. The van der Waals surface area contributed by atoms with Gasteiger partial charge in [-0.25, -0.2) is 9.28 Å². The van der Waals surface area contributed by atoms with Gasteiger partial charge in [0.2, 0.25) is 11.5 Å². The van der Waals surface area contributed by atoms with Crippen molar-refractivity contribution in [1.82, 2.24) is 13.6 Å². The Morgan fingerprint density at radius 3 is 2.18 bits per heavy atom. The predicted molar refractivity (Wildman–Crippen MR) is 85.3 cm³/mol. The van der Waals surface area contributed by atoms with Crippen molar-refractivity contribution in [3.05, 3.63) is 20.8 Å². The van der Waals surface area contributed by atoms with Gasteiger partial charge in [0, 0.05) is 13.1 Å². The number of nitrogens with two attached hydrogens (primary N) is 1. The lowest BCUT2D eigenvalue weighted by molar-refractivity contribution is 0.495. The van der Waals surface area contributed by atoms with E-state index in [9.17, 15) is 9.59 Å². The molecule has 2 N–H and O–H groups in total. The van der Waals surface area contributed by atoms with E-state index >= 15 is 0 Å². The van der Waals surface area contributed by atoms with Crippen molar-refractivity contribution in [2.75, 3.05) is 14.1 Å². The average Bonchev–Trinajstić information content (AvgIpc) is 3.33. The number of rotatable bonds is 4. The summed E-state index contributed by atoms with van der Waals surface area (Å²) in [5, 5.41) is 0. The highest BCUT2D eigenvalue weighted by molar-refractivity contribution is 5.98. The Labute approximate surface area is 128 Å². The van der Waals surface area contributed by atoms with Crippen molar-refractivity contribution < 1.29 is 0 Å². The molecule has 1 aromatic heterocycles. The second-order valence-corrected chi connectivity index (χ2v) is 7.29. The third-order valence-electron chi connectivity index (χ3n) is 5.00. The summed E-state index contributed by atoms with van der Waals surface area (Å²) in [6.07, 6.45) is 4.48. The third kappa shape index (κ3) is 1.95. The number of guanidine groups is 1. The Kier molecular flexibility index (Phi) is 2.70. The quantitative estimate of drug-likeness (QED) is 0.815. The van der Waals surface area contributed by atoms with Crippen LogP contribution in [0.3, 0.4) is 0 Å². The first-order chi connectivity index (χ1) is 10.4. The molecule has 2 aliphatic carbocycles. The zero-order valence-corrected chi connectivity index (χ0v) is 13.1. The lowest BCUT2D eigenvalue weighted by atomic mass is 10.3. The van der Waals surface area contributed by atoms with E-state index in [0.29, 0.717) is 42.4 Å². The Bertz CT molecular complexity index is 793. The summed E-state index contributed by atoms with van der Waals surface area (Å²) >= 11 is 0. The first-order valence-corrected chi connectivity index (χ1v) is 7.96. The van der Waals surface area contributed by atoms with Crippen molar-refractivity contribution in [2.24, 2.45) is 22.6 Å². The standard InChI is InChI=1S/C15H21N5O2/c1-20(2)11-12(17-14(20)16)18(7-9-3-4-9)15(22)19(13(11)21)8-10-5-6-10/h9-10H,3-8H2,1-2H3,(H-,16,17,21)/p+1. The molecule has 0 saturated heterocycles. The molecule has 0 radical (unpaired) electrons. The molecule has 2 saturated carbocycles. The van der Waals surface area contributed by atoms with Gasteiger partial charge >= 0.3 is 17.2 Å². The molecule has 22 heavy (non-hydrogen) atoms. The van der Waals surface area contributed by atoms with E-state index in [-0.39, 0.29) is 15.7 Å². The van der Waals surface area contributed by atoms with E-state index in [2.05, 4.69) is 4.99 Å². The highest BCUT2D eigenvalue weighted by Crippen LogP contribution is 2.37. The lowest BCUT2D eigenvalue weighted by Gasteiger charge is -2.22. The zero-order valence-electron chi connectivity index (χ0n) is 13.1. The Morgan fingerprint density at radius 2 is 1.64 bits per heavy atom. The van der Waals surface area contributed by atoms with Crippen LogP contribution in [0.15, 0.2) is 14.6 Å². The molecule has 2 heterocycles. The predicted octanol–water partition coefficient (Wildman–Crippen LogP) is 0.357. The summed E-state index contributed by atoms with van der Waals surface area (Å²) in [7, 11) is 3.69. The molecular weight excluding hydrogens is 282 g/mol. The van der Waals surface area contributed by atoms with E-state index in [4.69, 9.17) is 5.73 Å². The minimum atomic E-state index is -0.229. The highest BCUT2D eigenvalue weighted by atomic mass is 16.2. The first-order valence-electron chi connectivity index (χ1n) is 7.96. The number of hydrogen-bond acceptors (Lipinski definition) is 4. The molecule has 7 nitrogen and oxygen atoms in total. The van der Waals surface area contributed by atoms with Crippen LogP contribution in [0.5, 0.6) is 0 Å². The average molecular weight is 304 g/mol. The summed E-state index contributed by atoms with van der Waals surface area (Å²) in [4.78, 5) is 30.0. The fraction of sp³-hybridized carbons (Fsp3) is 0.667. The summed E-state index contributed by atoms with van der Waals surface area (Å²) in [5.74, 6) is 1.83. The van der Waals surface area contributed by atoms with Gasteiger partial charge in [-0.2, -0.15) is 4.99 Å². The number of fused-ring (bicyclic) bond motifs is 1. The van der Waals surface area contributed by atoms with Crippen LogP contribution >= 0.6 is 0 Å². The van der Waals surface area contributed by atoms with Crippen molar-refractivity contribution in [3.63, 3.8) is 0 Å². The molecule has 0 spiro atoms. The van der Waals surface area contributed by atoms with Crippen molar-refractivity contribution in [3.8, 4) is 0 Å². The maximum atomic E-state index is 12.9. The van der Waals surface area contributed by atoms with Gasteiger partial charge < -0.3 is 5.73 Å². The van der Waals surface area contributed by atoms with Crippen LogP contribution < -0.4 is 21.5 Å². The smallest absolute Gasteiger partial charge is 0.332 e. The van der Waals surface area contributed by atoms with Crippen molar-refractivity contribution in [1.29, 1.82) is 0 Å². The molecule has 3 aliphatic rings. The van der Waals surface area contributed by atoms with Gasteiger partial charge in [0.15, 0.2) is 0 Å². The van der Waals surface area contributed by atoms with Crippen LogP contribution in [0.25, 0.3) is 0 Å². The van der Waals surface area contributed by atoms with Gasteiger partial charge in [-0.1, -0.05) is 0 Å². The van der Waals surface area contributed by atoms with Crippen LogP contribution in [0, 0.1) is 11.8 Å². The number of quaternary nitrogens is 1. The fourth-order valence-electron chi connectivity index (χ4n) is 3.07. The van der Waals surface area contributed by atoms with Crippen LogP contribution in [-0.4, -0.2) is 29.2 Å². The summed E-state index contributed by atoms with van der Waals surface area (Å²) in [5.41, 5.74) is 6.10. The van der Waals surface area contributed by atoms with Gasteiger partial charge in [-0.3, -0.25) is 13.9 Å². The summed E-state index contributed by atoms with van der Waals surface area (Å²) < 4.78 is 3.22. The molecule has 0 amide bonds. The SMILES string of the molecule is C[N+]1(C)C(N)=Nc2c1c(=O)n(CC1CC1)c(=O)n2CC1CC1. The van der Waals surface area contributed by atoms with Crippen LogP contribution in [0.1, 0.15) is 25.7 Å². The Balaban J connectivity index is 1.95. The van der Waals surface area contributed by atoms with E-state index in [1.807, 2.05) is 14.1 Å². The van der Waals surface area contributed by atoms with Crippen LogP contribution in [0.2, 0.25) is 0 Å². The number of aliphatic imine (C=N–C) groups is 1. The minimum Gasteiger partial charge on any atom is -0.337 e. The molecule has 1 aromatic rings. The molecule has 0 bridgehead atoms. The van der Waals surface area contributed by atoms with Gasteiger partial charge in [0.05, 0.1) is 14.1 Å². The van der Waals surface area contributed by atoms with Gasteiger partial charge in [-0.05, 0) is 37.5 Å². The third-order valence-corrected chi connectivity index (χ3v) is 5.00. The van der Waals surface area contributed by atoms with E-state index in [0.717, 1.165) is 25.7 Å². The van der Waals surface area contributed by atoms with Crippen LogP contribution in [0.4, 0.5) is 11.5 Å². The first kappa shape index (κ1) is 13.8. The maximum Gasteiger partial charge on any atom is 0.332 e. The Morgan fingerprint density at radius 1 is 1.09 bits per heavy atom. The van der Waals surface area contributed by atoms with E-state index in [1.54, 1.807) is 4.57 Å². The monoisotopic (exact) mass is 304 g/mol. The molecular formula is C15H22N5O2+. The van der Waals surface area contributed by atoms with E-state index < -0.39 is 0 Å². The maximum absolute atomic E-state index is 12.9. The Hall–Kier alpha value is -1.89. The second-order valence-electron chi connectivity index (χ2n) is 7.29. The van der Waals surface area contributed by atoms with Crippen molar-refractivity contribution in [2.45, 2.75) is 38.8 Å². The van der Waals surface area contributed by atoms with Crippen LogP contribution in [-0.2, 0) is 13.1 Å². The molecule has 0 unspecified atom stereocenters. The fourth-order valence-corrected chi connectivity index (χ4v) is 3.07. The zero-order chi connectivity index (χ0) is 15.6. The van der Waals surface area contributed by atoms with E-state index in [1.165, 1.54) is 4.57 Å². The van der Waals surface area contributed by atoms with Gasteiger partial charge in [0.1, 0.15) is 0 Å². The lowest BCUT2D eigenvalue weighted by Crippen LogP contribution is -2.53. The normalized spacial score (nSPS) is 22.5.